The molecule has 0 saturated heterocycles. The van der Waals surface area contributed by atoms with Crippen molar-refractivity contribution in [3.8, 4) is 0 Å². The summed E-state index contributed by atoms with van der Waals surface area (Å²) < 4.78 is 0. The van der Waals surface area contributed by atoms with Crippen LogP contribution in [0, 0.1) is 0 Å². The predicted octanol–water partition coefficient (Wildman–Crippen LogP) is 2.55. The van der Waals surface area contributed by atoms with Crippen molar-refractivity contribution in [3.05, 3.63) is 42.1 Å². The predicted molar refractivity (Wildman–Crippen MR) is 69.4 cm³/mol. The van der Waals surface area contributed by atoms with E-state index in [9.17, 15) is 4.79 Å². The number of rotatable bonds is 3. The van der Waals surface area contributed by atoms with Gasteiger partial charge in [0.1, 0.15) is 0 Å². The largest absolute Gasteiger partial charge is 0.340 e. The van der Waals surface area contributed by atoms with Crippen LogP contribution in [0.3, 0.4) is 0 Å². The third kappa shape index (κ3) is 2.39. The van der Waals surface area contributed by atoms with Crippen LogP contribution >= 0.6 is 11.6 Å². The highest BCUT2D eigenvalue weighted by Crippen LogP contribution is 2.17. The fourth-order valence-corrected chi connectivity index (χ4v) is 1.97. The van der Waals surface area contributed by atoms with Crippen molar-refractivity contribution >= 4 is 28.4 Å². The van der Waals surface area contributed by atoms with Crippen LogP contribution in [0.15, 0.2) is 36.5 Å². The molecule has 0 spiro atoms. The Balaban J connectivity index is 2.45. The van der Waals surface area contributed by atoms with Gasteiger partial charge in [0.05, 0.1) is 11.1 Å². The molecule has 0 N–H and O–H groups in total. The molecule has 1 heterocycles. The Morgan fingerprint density at radius 2 is 2.12 bits per heavy atom. The lowest BCUT2D eigenvalue weighted by atomic mass is 10.1. The Kier molecular flexibility index (Phi) is 3.59. The lowest BCUT2D eigenvalue weighted by Gasteiger charge is -2.16. The van der Waals surface area contributed by atoms with Crippen LogP contribution in [0.1, 0.15) is 10.4 Å². The molecule has 0 atom stereocenters. The highest BCUT2D eigenvalue weighted by Gasteiger charge is 2.13. The number of pyridine rings is 1. The maximum atomic E-state index is 12.2. The molecular formula is C13H13ClN2O. The number of nitrogens with zero attached hydrogens (tertiary/aromatic N) is 2. The van der Waals surface area contributed by atoms with E-state index >= 15 is 0 Å². The zero-order chi connectivity index (χ0) is 12.3. The number of carbonyl (C=O) groups is 1. The second kappa shape index (κ2) is 5.15. The normalized spacial score (nSPS) is 10.5. The van der Waals surface area contributed by atoms with Crippen molar-refractivity contribution in [1.29, 1.82) is 0 Å². The Morgan fingerprint density at radius 1 is 1.35 bits per heavy atom. The topological polar surface area (TPSA) is 33.2 Å². The van der Waals surface area contributed by atoms with Gasteiger partial charge in [0.15, 0.2) is 0 Å². The molecule has 0 unspecified atom stereocenters. The van der Waals surface area contributed by atoms with Crippen LogP contribution in [0.4, 0.5) is 0 Å². The second-order valence-electron chi connectivity index (χ2n) is 3.79. The minimum Gasteiger partial charge on any atom is -0.340 e. The van der Waals surface area contributed by atoms with Gasteiger partial charge in [-0.25, -0.2) is 0 Å². The molecule has 2 aromatic rings. The number of hydrogen-bond donors (Lipinski definition) is 0. The molecule has 0 bridgehead atoms. The van der Waals surface area contributed by atoms with Crippen LogP contribution in [0.25, 0.3) is 10.9 Å². The quantitative estimate of drug-likeness (QED) is 0.782. The minimum absolute atomic E-state index is 0.0238. The first kappa shape index (κ1) is 11.9. The summed E-state index contributed by atoms with van der Waals surface area (Å²) in [5.74, 6) is 0.412. The van der Waals surface area contributed by atoms with Gasteiger partial charge in [-0.3, -0.25) is 9.78 Å². The molecule has 3 nitrogen and oxygen atoms in total. The van der Waals surface area contributed by atoms with Gasteiger partial charge >= 0.3 is 0 Å². The van der Waals surface area contributed by atoms with Crippen molar-refractivity contribution < 1.29 is 4.79 Å². The molecule has 4 heteroatoms. The summed E-state index contributed by atoms with van der Waals surface area (Å²) in [7, 11) is 1.75. The number of para-hydroxylation sites is 1. The molecule has 2 rings (SSSR count). The molecule has 0 fully saturated rings. The number of aromatic nitrogens is 1. The van der Waals surface area contributed by atoms with Crippen LogP contribution in [0.2, 0.25) is 0 Å². The van der Waals surface area contributed by atoms with Crippen molar-refractivity contribution in [3.63, 3.8) is 0 Å². The second-order valence-corrected chi connectivity index (χ2v) is 4.17. The molecular weight excluding hydrogens is 236 g/mol. The fraction of sp³-hybridized carbons (Fsp3) is 0.231. The van der Waals surface area contributed by atoms with Gasteiger partial charge in [0.25, 0.3) is 5.91 Å². The molecule has 1 amide bonds. The summed E-state index contributed by atoms with van der Waals surface area (Å²) in [6, 6.07) is 9.36. The molecule has 1 aromatic heterocycles. The number of amides is 1. The van der Waals surface area contributed by atoms with E-state index in [0.717, 1.165) is 10.9 Å². The lowest BCUT2D eigenvalue weighted by molar-refractivity contribution is 0.0805. The molecule has 0 saturated carbocycles. The zero-order valence-corrected chi connectivity index (χ0v) is 10.3. The minimum atomic E-state index is -0.0238. The highest BCUT2D eigenvalue weighted by molar-refractivity contribution is 6.18. The molecule has 17 heavy (non-hydrogen) atoms. The van der Waals surface area contributed by atoms with E-state index in [0.29, 0.717) is 18.0 Å². The summed E-state index contributed by atoms with van der Waals surface area (Å²) >= 11 is 5.64. The number of fused-ring (bicyclic) bond motifs is 1. The smallest absolute Gasteiger partial charge is 0.254 e. The van der Waals surface area contributed by atoms with E-state index in [1.807, 2.05) is 24.3 Å². The number of alkyl halides is 1. The standard InChI is InChI=1S/C13H13ClN2O/c1-16(9-7-14)13(17)11-6-8-15-12-5-3-2-4-10(11)12/h2-6,8H,7,9H2,1H3. The fourth-order valence-electron chi connectivity index (χ4n) is 1.72. The van der Waals surface area contributed by atoms with Crippen molar-refractivity contribution in [2.45, 2.75) is 0 Å². The highest BCUT2D eigenvalue weighted by atomic mass is 35.5. The first-order valence-corrected chi connectivity index (χ1v) is 5.92. The lowest BCUT2D eigenvalue weighted by Crippen LogP contribution is -2.28. The van der Waals surface area contributed by atoms with Crippen molar-refractivity contribution in [1.82, 2.24) is 9.88 Å². The van der Waals surface area contributed by atoms with E-state index in [4.69, 9.17) is 11.6 Å². The molecule has 0 aliphatic carbocycles. The summed E-state index contributed by atoms with van der Waals surface area (Å²) in [6.45, 7) is 0.539. The molecule has 0 aliphatic rings. The zero-order valence-electron chi connectivity index (χ0n) is 9.56. The van der Waals surface area contributed by atoms with Gasteiger partial charge in [-0.05, 0) is 12.1 Å². The average Bonchev–Trinajstić information content (AvgIpc) is 2.37. The van der Waals surface area contributed by atoms with Gasteiger partial charge in [-0.2, -0.15) is 0 Å². The van der Waals surface area contributed by atoms with Crippen LogP contribution in [-0.4, -0.2) is 35.3 Å². The van der Waals surface area contributed by atoms with Gasteiger partial charge < -0.3 is 4.90 Å². The van der Waals surface area contributed by atoms with Gasteiger partial charge in [0.2, 0.25) is 0 Å². The summed E-state index contributed by atoms with van der Waals surface area (Å²) in [5.41, 5.74) is 1.50. The summed E-state index contributed by atoms with van der Waals surface area (Å²) in [5, 5.41) is 0.876. The van der Waals surface area contributed by atoms with Gasteiger partial charge in [-0.1, -0.05) is 18.2 Å². The monoisotopic (exact) mass is 248 g/mol. The summed E-state index contributed by atoms with van der Waals surface area (Å²) in [6.07, 6.45) is 1.66. The molecule has 0 radical (unpaired) electrons. The maximum absolute atomic E-state index is 12.2. The number of benzene rings is 1. The molecule has 88 valence electrons. The maximum Gasteiger partial charge on any atom is 0.254 e. The van der Waals surface area contributed by atoms with Crippen molar-refractivity contribution in [2.24, 2.45) is 0 Å². The molecule has 1 aromatic carbocycles. The average molecular weight is 249 g/mol. The Morgan fingerprint density at radius 3 is 2.88 bits per heavy atom. The van der Waals surface area contributed by atoms with E-state index < -0.39 is 0 Å². The Labute approximate surface area is 105 Å². The van der Waals surface area contributed by atoms with E-state index in [1.54, 1.807) is 24.2 Å². The van der Waals surface area contributed by atoms with Crippen LogP contribution in [0.5, 0.6) is 0 Å². The Hall–Kier alpha value is -1.61. The van der Waals surface area contributed by atoms with Gasteiger partial charge in [-0.15, -0.1) is 11.6 Å². The SMILES string of the molecule is CN(CCCl)C(=O)c1ccnc2ccccc12. The van der Waals surface area contributed by atoms with E-state index in [-0.39, 0.29) is 5.91 Å². The number of carbonyl (C=O) groups excluding carboxylic acids is 1. The van der Waals surface area contributed by atoms with E-state index in [1.165, 1.54) is 0 Å². The van der Waals surface area contributed by atoms with E-state index in [2.05, 4.69) is 4.98 Å². The van der Waals surface area contributed by atoms with Crippen molar-refractivity contribution in [2.75, 3.05) is 19.5 Å². The first-order valence-electron chi connectivity index (χ1n) is 5.39. The number of hydrogen-bond acceptors (Lipinski definition) is 2. The first-order chi connectivity index (χ1) is 8.24. The third-order valence-electron chi connectivity index (χ3n) is 2.65. The summed E-state index contributed by atoms with van der Waals surface area (Å²) in [4.78, 5) is 18.0. The van der Waals surface area contributed by atoms with Gasteiger partial charge in [0, 0.05) is 31.1 Å². The van der Waals surface area contributed by atoms with Crippen LogP contribution in [-0.2, 0) is 0 Å². The molecule has 0 aliphatic heterocycles. The third-order valence-corrected chi connectivity index (χ3v) is 2.82. The number of halogens is 1. The Bertz CT molecular complexity index is 536. The van der Waals surface area contributed by atoms with Crippen LogP contribution < -0.4 is 0 Å².